The Morgan fingerprint density at radius 1 is 1.44 bits per heavy atom. The molecule has 16 heavy (non-hydrogen) atoms. The molecule has 0 fully saturated rings. The largest absolute Gasteiger partial charge is 0.469 e. The first-order valence-corrected chi connectivity index (χ1v) is 5.02. The van der Waals surface area contributed by atoms with Crippen molar-refractivity contribution in [2.24, 2.45) is 11.1 Å². The van der Waals surface area contributed by atoms with Gasteiger partial charge in [-0.05, 0) is 12.5 Å². The summed E-state index contributed by atoms with van der Waals surface area (Å²) in [4.78, 5) is 16.0. The van der Waals surface area contributed by atoms with Crippen molar-refractivity contribution < 1.29 is 14.4 Å². The molecule has 0 bridgehead atoms. The van der Waals surface area contributed by atoms with Crippen molar-refractivity contribution in [2.45, 2.75) is 6.92 Å². The molecule has 0 amide bonds. The summed E-state index contributed by atoms with van der Waals surface area (Å²) in [7, 11) is 1.35. The molecule has 1 atom stereocenters. The minimum atomic E-state index is -0.307. The Bertz CT molecular complexity index is 349. The number of hydrogen-bond donors (Lipinski definition) is 0. The summed E-state index contributed by atoms with van der Waals surface area (Å²) in [5, 5.41) is 3.77. The van der Waals surface area contributed by atoms with Crippen LogP contribution in [-0.4, -0.2) is 25.9 Å². The van der Waals surface area contributed by atoms with Crippen LogP contribution in [0.4, 0.5) is 0 Å². The van der Waals surface area contributed by atoms with Gasteiger partial charge in [0, 0.05) is 0 Å². The molecule has 0 aliphatic carbocycles. The standard InChI is InChI=1S/C12H15NO3/c1-10(12(14)15-2)9-16-13-8-11-6-4-3-5-7-11/h3-8,10H,9H2,1-2H3/b13-8+/t10-/m0/s1. The lowest BCUT2D eigenvalue weighted by Crippen LogP contribution is -2.17. The smallest absolute Gasteiger partial charge is 0.311 e. The van der Waals surface area contributed by atoms with E-state index in [9.17, 15) is 4.79 Å². The first kappa shape index (κ1) is 12.2. The Hall–Kier alpha value is -1.84. The average molecular weight is 221 g/mol. The lowest BCUT2D eigenvalue weighted by Gasteiger charge is -2.06. The molecular formula is C12H15NO3. The highest BCUT2D eigenvalue weighted by Gasteiger charge is 2.12. The van der Waals surface area contributed by atoms with Crippen molar-refractivity contribution in [3.63, 3.8) is 0 Å². The number of esters is 1. The molecule has 0 aliphatic heterocycles. The van der Waals surface area contributed by atoms with Crippen LogP contribution >= 0.6 is 0 Å². The van der Waals surface area contributed by atoms with E-state index in [2.05, 4.69) is 9.89 Å². The molecule has 0 saturated heterocycles. The monoisotopic (exact) mass is 221 g/mol. The number of oxime groups is 1. The number of hydrogen-bond acceptors (Lipinski definition) is 4. The van der Waals surface area contributed by atoms with Crippen molar-refractivity contribution in [3.05, 3.63) is 35.9 Å². The summed E-state index contributed by atoms with van der Waals surface area (Å²) in [6, 6.07) is 9.58. The highest BCUT2D eigenvalue weighted by molar-refractivity contribution is 5.78. The maximum absolute atomic E-state index is 11.0. The van der Waals surface area contributed by atoms with Gasteiger partial charge in [0.25, 0.3) is 0 Å². The first-order chi connectivity index (χ1) is 7.74. The number of carbonyl (C=O) groups is 1. The molecule has 0 radical (unpaired) electrons. The van der Waals surface area contributed by atoms with Gasteiger partial charge in [-0.3, -0.25) is 4.79 Å². The first-order valence-electron chi connectivity index (χ1n) is 5.02. The molecule has 0 spiro atoms. The van der Waals surface area contributed by atoms with Gasteiger partial charge < -0.3 is 9.57 Å². The van der Waals surface area contributed by atoms with E-state index in [1.807, 2.05) is 30.3 Å². The molecule has 1 aromatic rings. The summed E-state index contributed by atoms with van der Waals surface area (Å²) >= 11 is 0. The lowest BCUT2D eigenvalue weighted by molar-refractivity contribution is -0.146. The van der Waals surface area contributed by atoms with Crippen LogP contribution in [0.3, 0.4) is 0 Å². The maximum atomic E-state index is 11.0. The zero-order chi connectivity index (χ0) is 11.8. The van der Waals surface area contributed by atoms with Crippen molar-refractivity contribution in [3.8, 4) is 0 Å². The number of rotatable bonds is 5. The number of nitrogens with zero attached hydrogens (tertiary/aromatic N) is 1. The topological polar surface area (TPSA) is 47.9 Å². The van der Waals surface area contributed by atoms with Crippen molar-refractivity contribution in [1.82, 2.24) is 0 Å². The van der Waals surface area contributed by atoms with Gasteiger partial charge in [0.15, 0.2) is 0 Å². The van der Waals surface area contributed by atoms with Gasteiger partial charge in [-0.2, -0.15) is 0 Å². The van der Waals surface area contributed by atoms with Crippen molar-refractivity contribution in [2.75, 3.05) is 13.7 Å². The molecule has 1 aromatic carbocycles. The van der Waals surface area contributed by atoms with Crippen LogP contribution in [0.25, 0.3) is 0 Å². The molecule has 0 heterocycles. The fraction of sp³-hybridized carbons (Fsp3) is 0.333. The summed E-state index contributed by atoms with van der Waals surface area (Å²) in [5.74, 6) is -0.604. The van der Waals surface area contributed by atoms with Gasteiger partial charge in [0.05, 0.1) is 19.2 Å². The Labute approximate surface area is 94.9 Å². The average Bonchev–Trinajstić information content (AvgIpc) is 2.34. The molecule has 86 valence electrons. The second-order valence-corrected chi connectivity index (χ2v) is 3.37. The molecule has 0 saturated carbocycles. The van der Waals surface area contributed by atoms with Crippen LogP contribution in [0.2, 0.25) is 0 Å². The van der Waals surface area contributed by atoms with Crippen molar-refractivity contribution in [1.29, 1.82) is 0 Å². The van der Waals surface area contributed by atoms with Crippen LogP contribution in [0, 0.1) is 5.92 Å². The fourth-order valence-corrected chi connectivity index (χ4v) is 1.06. The third kappa shape index (κ3) is 4.13. The highest BCUT2D eigenvalue weighted by atomic mass is 16.6. The number of carbonyl (C=O) groups excluding carboxylic acids is 1. The summed E-state index contributed by atoms with van der Waals surface area (Å²) in [6.45, 7) is 1.94. The van der Waals surface area contributed by atoms with Gasteiger partial charge in [-0.1, -0.05) is 35.5 Å². The normalized spacial score (nSPS) is 12.4. The molecule has 4 nitrogen and oxygen atoms in total. The van der Waals surface area contributed by atoms with Gasteiger partial charge in [0.1, 0.15) is 6.61 Å². The van der Waals surface area contributed by atoms with Crippen LogP contribution in [-0.2, 0) is 14.4 Å². The quantitative estimate of drug-likeness (QED) is 0.433. The van der Waals surface area contributed by atoms with Gasteiger partial charge in [-0.15, -0.1) is 0 Å². The molecule has 0 N–H and O–H groups in total. The van der Waals surface area contributed by atoms with E-state index in [0.29, 0.717) is 0 Å². The lowest BCUT2D eigenvalue weighted by atomic mass is 10.2. The number of ether oxygens (including phenoxy) is 1. The number of benzene rings is 1. The van der Waals surface area contributed by atoms with Gasteiger partial charge in [-0.25, -0.2) is 0 Å². The van der Waals surface area contributed by atoms with Gasteiger partial charge in [0.2, 0.25) is 0 Å². The molecule has 1 rings (SSSR count). The Balaban J connectivity index is 2.31. The summed E-state index contributed by atoms with van der Waals surface area (Å²) in [6.07, 6.45) is 1.60. The molecule has 4 heteroatoms. The molecule has 0 aliphatic rings. The Morgan fingerprint density at radius 2 is 2.12 bits per heavy atom. The second-order valence-electron chi connectivity index (χ2n) is 3.37. The van der Waals surface area contributed by atoms with Crippen molar-refractivity contribution >= 4 is 12.2 Å². The van der Waals surface area contributed by atoms with E-state index in [4.69, 9.17) is 4.84 Å². The van der Waals surface area contributed by atoms with E-state index < -0.39 is 0 Å². The van der Waals surface area contributed by atoms with Crippen LogP contribution in [0.5, 0.6) is 0 Å². The van der Waals surface area contributed by atoms with Crippen LogP contribution in [0.1, 0.15) is 12.5 Å². The predicted octanol–water partition coefficient (Wildman–Crippen LogP) is 1.85. The fourth-order valence-electron chi connectivity index (χ4n) is 1.06. The van der Waals surface area contributed by atoms with E-state index in [1.165, 1.54) is 7.11 Å². The molecular weight excluding hydrogens is 206 g/mol. The highest BCUT2D eigenvalue weighted by Crippen LogP contribution is 1.99. The Kier molecular flexibility index (Phi) is 5.05. The summed E-state index contributed by atoms with van der Waals surface area (Å²) in [5.41, 5.74) is 0.952. The van der Waals surface area contributed by atoms with E-state index >= 15 is 0 Å². The zero-order valence-electron chi connectivity index (χ0n) is 9.42. The molecule has 0 aromatic heterocycles. The predicted molar refractivity (Wildman–Crippen MR) is 61.2 cm³/mol. The second kappa shape index (κ2) is 6.61. The SMILES string of the molecule is COC(=O)[C@@H](C)CO/N=C/c1ccccc1. The third-order valence-electron chi connectivity index (χ3n) is 2.00. The van der Waals surface area contributed by atoms with Crippen LogP contribution < -0.4 is 0 Å². The minimum Gasteiger partial charge on any atom is -0.469 e. The van der Waals surface area contributed by atoms with E-state index in [0.717, 1.165) is 5.56 Å². The molecule has 0 unspecified atom stereocenters. The zero-order valence-corrected chi connectivity index (χ0v) is 9.42. The third-order valence-corrected chi connectivity index (χ3v) is 2.00. The van der Waals surface area contributed by atoms with Crippen LogP contribution in [0.15, 0.2) is 35.5 Å². The minimum absolute atomic E-state index is 0.218. The van der Waals surface area contributed by atoms with Gasteiger partial charge >= 0.3 is 5.97 Å². The number of methoxy groups -OCH3 is 1. The Morgan fingerprint density at radius 3 is 2.75 bits per heavy atom. The van der Waals surface area contributed by atoms with E-state index in [-0.39, 0.29) is 18.5 Å². The maximum Gasteiger partial charge on any atom is 0.311 e. The van der Waals surface area contributed by atoms with E-state index in [1.54, 1.807) is 13.1 Å². The summed E-state index contributed by atoms with van der Waals surface area (Å²) < 4.78 is 4.56.